The van der Waals surface area contributed by atoms with Crippen molar-refractivity contribution in [1.82, 2.24) is 14.7 Å². The molecule has 3 atom stereocenters. The maximum atomic E-state index is 13.4. The quantitative estimate of drug-likeness (QED) is 0.265. The fraction of sp³-hybridized carbons (Fsp3) is 0.818. The third-order valence-corrected chi connectivity index (χ3v) is 7.56. The Labute approximate surface area is 282 Å². The van der Waals surface area contributed by atoms with Gasteiger partial charge in [-0.2, -0.15) is 0 Å². The Balaban J connectivity index is 1.71. The second-order valence-electron chi connectivity index (χ2n) is 15.3. The molecule has 48 heavy (non-hydrogen) atoms. The lowest BCUT2D eigenvalue weighted by molar-refractivity contribution is -0.172. The highest BCUT2D eigenvalue weighted by atomic mass is 16.6. The molecule has 3 fully saturated rings. The van der Waals surface area contributed by atoms with Crippen LogP contribution in [0.4, 0.5) is 14.4 Å². The fourth-order valence-corrected chi connectivity index (χ4v) is 5.55. The number of carbonyl (C=O) groups is 6. The van der Waals surface area contributed by atoms with E-state index in [1.54, 1.807) is 62.3 Å². The summed E-state index contributed by atoms with van der Waals surface area (Å²) >= 11 is 0. The Bertz CT molecular complexity index is 1140. The fourth-order valence-electron chi connectivity index (χ4n) is 5.55. The van der Waals surface area contributed by atoms with Crippen LogP contribution in [-0.4, -0.2) is 125 Å². The number of hydrogen-bond acceptors (Lipinski definition) is 12. The maximum absolute atomic E-state index is 13.4. The highest BCUT2D eigenvalue weighted by molar-refractivity contribution is 5.84. The van der Waals surface area contributed by atoms with Crippen LogP contribution in [0, 0.1) is 0 Å². The number of ether oxygens (including phenoxy) is 6. The lowest BCUT2D eigenvalue weighted by atomic mass is 10.2. The van der Waals surface area contributed by atoms with E-state index in [-0.39, 0.29) is 6.54 Å². The van der Waals surface area contributed by atoms with Gasteiger partial charge in [0.15, 0.2) is 6.10 Å². The standard InChI is InChI=1S/C33H53N3O12/c1-31(2,3)46-28(40)34-16-10-13-22(34)25(37)43-19-21(45-27(39)24-15-12-18-36(24)30(42)48-33(7,8)9)20-44-26(38)23-14-11-17-35(23)29(41)47-32(4,5)6/h21-24H,10-20H2,1-9H3/t22-,23-,24-/m0/s1. The van der Waals surface area contributed by atoms with E-state index >= 15 is 0 Å². The number of hydrogen-bond donors (Lipinski definition) is 0. The molecule has 0 N–H and O–H groups in total. The first kappa shape index (κ1) is 38.7. The van der Waals surface area contributed by atoms with Crippen molar-refractivity contribution in [2.75, 3.05) is 32.8 Å². The van der Waals surface area contributed by atoms with Crippen molar-refractivity contribution < 1.29 is 57.2 Å². The summed E-state index contributed by atoms with van der Waals surface area (Å²) in [6, 6.07) is -2.77. The van der Waals surface area contributed by atoms with E-state index < -0.39 is 90.4 Å². The molecule has 0 aliphatic carbocycles. The molecular formula is C33H53N3O12. The van der Waals surface area contributed by atoms with Gasteiger partial charge >= 0.3 is 36.2 Å². The van der Waals surface area contributed by atoms with E-state index in [4.69, 9.17) is 28.4 Å². The minimum atomic E-state index is -1.25. The summed E-state index contributed by atoms with van der Waals surface area (Å²) in [6.07, 6.45) is -0.509. The topological polar surface area (TPSA) is 168 Å². The third-order valence-electron chi connectivity index (χ3n) is 7.56. The molecule has 0 spiro atoms. The van der Waals surface area contributed by atoms with Crippen molar-refractivity contribution in [3.05, 3.63) is 0 Å². The molecule has 15 heteroatoms. The van der Waals surface area contributed by atoms with Gasteiger partial charge in [0.2, 0.25) is 0 Å². The first-order chi connectivity index (χ1) is 22.1. The summed E-state index contributed by atoms with van der Waals surface area (Å²) in [6.45, 7) is 15.4. The van der Waals surface area contributed by atoms with Crippen molar-refractivity contribution in [3.8, 4) is 0 Å². The summed E-state index contributed by atoms with van der Waals surface area (Å²) in [7, 11) is 0. The molecule has 3 saturated heterocycles. The zero-order valence-electron chi connectivity index (χ0n) is 29.8. The van der Waals surface area contributed by atoms with Crippen LogP contribution < -0.4 is 0 Å². The van der Waals surface area contributed by atoms with Gasteiger partial charge in [0.05, 0.1) is 0 Å². The monoisotopic (exact) mass is 683 g/mol. The van der Waals surface area contributed by atoms with E-state index in [1.165, 1.54) is 14.7 Å². The normalized spacial score (nSPS) is 21.6. The second kappa shape index (κ2) is 15.6. The average Bonchev–Trinajstić information content (AvgIpc) is 3.72. The van der Waals surface area contributed by atoms with E-state index in [2.05, 4.69) is 0 Å². The van der Waals surface area contributed by atoms with Gasteiger partial charge in [-0.15, -0.1) is 0 Å². The molecule has 272 valence electrons. The van der Waals surface area contributed by atoms with Crippen molar-refractivity contribution >= 4 is 36.2 Å². The molecule has 0 aromatic rings. The molecule has 3 heterocycles. The zero-order valence-corrected chi connectivity index (χ0v) is 29.8. The molecular weight excluding hydrogens is 630 g/mol. The largest absolute Gasteiger partial charge is 0.460 e. The molecule has 3 amide bonds. The molecule has 0 aromatic carbocycles. The van der Waals surface area contributed by atoms with Gasteiger partial charge in [0.25, 0.3) is 0 Å². The first-order valence-electron chi connectivity index (χ1n) is 16.7. The average molecular weight is 684 g/mol. The van der Waals surface area contributed by atoms with Gasteiger partial charge in [0, 0.05) is 19.6 Å². The van der Waals surface area contributed by atoms with Crippen LogP contribution in [0.5, 0.6) is 0 Å². The van der Waals surface area contributed by atoms with Crippen LogP contribution in [0.25, 0.3) is 0 Å². The number of likely N-dealkylation sites (tertiary alicyclic amines) is 3. The molecule has 3 aliphatic heterocycles. The third kappa shape index (κ3) is 11.4. The van der Waals surface area contributed by atoms with Gasteiger partial charge in [-0.25, -0.2) is 28.8 Å². The Morgan fingerprint density at radius 1 is 0.521 bits per heavy atom. The highest BCUT2D eigenvalue weighted by Crippen LogP contribution is 2.25. The summed E-state index contributed by atoms with van der Waals surface area (Å²) in [5, 5.41) is 0. The molecule has 0 saturated carbocycles. The number of carbonyl (C=O) groups excluding carboxylic acids is 6. The minimum Gasteiger partial charge on any atom is -0.460 e. The lowest BCUT2D eigenvalue weighted by Crippen LogP contribution is -2.47. The van der Waals surface area contributed by atoms with E-state index in [0.29, 0.717) is 51.6 Å². The van der Waals surface area contributed by atoms with Gasteiger partial charge in [0.1, 0.15) is 48.1 Å². The lowest BCUT2D eigenvalue weighted by Gasteiger charge is -2.30. The summed E-state index contributed by atoms with van der Waals surface area (Å²) in [5.41, 5.74) is -2.30. The van der Waals surface area contributed by atoms with Crippen LogP contribution >= 0.6 is 0 Å². The van der Waals surface area contributed by atoms with Crippen molar-refractivity contribution in [1.29, 1.82) is 0 Å². The van der Waals surface area contributed by atoms with Gasteiger partial charge in [-0.3, -0.25) is 14.7 Å². The summed E-state index contributed by atoms with van der Waals surface area (Å²) < 4.78 is 33.1. The van der Waals surface area contributed by atoms with Gasteiger partial charge in [-0.1, -0.05) is 0 Å². The predicted molar refractivity (Wildman–Crippen MR) is 170 cm³/mol. The van der Waals surface area contributed by atoms with Crippen molar-refractivity contribution in [3.63, 3.8) is 0 Å². The maximum Gasteiger partial charge on any atom is 0.411 e. The second-order valence-corrected chi connectivity index (χ2v) is 15.3. The Hall–Kier alpha value is -3.78. The van der Waals surface area contributed by atoms with Crippen molar-refractivity contribution in [2.45, 2.75) is 142 Å². The molecule has 3 rings (SSSR count). The molecule has 0 bridgehead atoms. The van der Waals surface area contributed by atoms with Crippen LogP contribution in [0.15, 0.2) is 0 Å². The van der Waals surface area contributed by atoms with Crippen LogP contribution in [0.1, 0.15) is 101 Å². The number of esters is 3. The molecule has 3 aliphatic rings. The summed E-state index contributed by atoms with van der Waals surface area (Å²) in [5.74, 6) is -2.23. The van der Waals surface area contributed by atoms with Crippen molar-refractivity contribution in [2.24, 2.45) is 0 Å². The van der Waals surface area contributed by atoms with E-state index in [0.717, 1.165) is 0 Å². The number of amides is 3. The summed E-state index contributed by atoms with van der Waals surface area (Å²) in [4.78, 5) is 81.9. The van der Waals surface area contributed by atoms with Crippen LogP contribution in [0.3, 0.4) is 0 Å². The predicted octanol–water partition coefficient (Wildman–Crippen LogP) is 4.18. The molecule has 15 nitrogen and oxygen atoms in total. The number of nitrogens with zero attached hydrogens (tertiary/aromatic N) is 3. The van der Waals surface area contributed by atoms with E-state index in [9.17, 15) is 28.8 Å². The van der Waals surface area contributed by atoms with Crippen LogP contribution in [-0.2, 0) is 42.8 Å². The Morgan fingerprint density at radius 2 is 0.812 bits per heavy atom. The van der Waals surface area contributed by atoms with E-state index in [1.807, 2.05) is 0 Å². The molecule has 0 unspecified atom stereocenters. The SMILES string of the molecule is CC(C)(C)OC(=O)N1CCC[C@H]1C(=O)OCC(COC(=O)[C@@H]1CCCN1C(=O)OC(C)(C)C)OC(=O)[C@@H]1CCCN1C(=O)OC(C)(C)C. The molecule has 0 radical (unpaired) electrons. The number of rotatable bonds is 8. The van der Waals surface area contributed by atoms with Gasteiger partial charge in [-0.05, 0) is 101 Å². The minimum absolute atomic E-state index is 0.285. The first-order valence-corrected chi connectivity index (χ1v) is 16.7. The Kier molecular flexibility index (Phi) is 12.6. The Morgan fingerprint density at radius 3 is 1.10 bits per heavy atom. The van der Waals surface area contributed by atoms with Gasteiger partial charge < -0.3 is 28.4 Å². The smallest absolute Gasteiger partial charge is 0.411 e. The molecule has 0 aromatic heterocycles. The van der Waals surface area contributed by atoms with Crippen LogP contribution in [0.2, 0.25) is 0 Å². The highest BCUT2D eigenvalue weighted by Gasteiger charge is 2.42. The zero-order chi connectivity index (χ0) is 36.0.